The van der Waals surface area contributed by atoms with Gasteiger partial charge >= 0.3 is 0 Å². The molecule has 0 N–H and O–H groups in total. The number of hydrogen-bond donors (Lipinski definition) is 0. The molecule has 0 aliphatic carbocycles. The second kappa shape index (κ2) is 33.3. The fourth-order valence-electron chi connectivity index (χ4n) is 21.6. The average molecular weight is 1770 g/mol. The quantitative estimate of drug-likeness (QED) is 0.133. The van der Waals surface area contributed by atoms with Gasteiger partial charge in [-0.1, -0.05) is 431 Å². The molecular weight excluding hydrogens is 1690 g/mol. The number of benzene rings is 25. The molecule has 644 valence electrons. The molecule has 0 amide bonds. The number of fused-ring (bicyclic) bond motifs is 27. The molecule has 0 unspecified atom stereocenters. The Morgan fingerprint density at radius 2 is 0.417 bits per heavy atom. The topological polar surface area (TPSA) is 90.5 Å². The maximum absolute atomic E-state index is 6.29. The van der Waals surface area contributed by atoms with E-state index in [0.29, 0.717) is 5.82 Å². The van der Waals surface area contributed by atoms with E-state index in [4.69, 9.17) is 34.3 Å². The molecule has 4 heterocycles. The van der Waals surface area contributed by atoms with Gasteiger partial charge in [0.15, 0.2) is 17.5 Å². The summed E-state index contributed by atoms with van der Waals surface area (Å²) in [5.41, 5.74) is 20.4. The Morgan fingerprint density at radius 1 is 0.129 bits per heavy atom. The van der Waals surface area contributed by atoms with Gasteiger partial charge in [-0.15, -0.1) is 0 Å². The smallest absolute Gasteiger partial charge is 0.160 e. The van der Waals surface area contributed by atoms with Crippen molar-refractivity contribution in [2.75, 3.05) is 0 Å². The van der Waals surface area contributed by atoms with Crippen LogP contribution in [0.25, 0.3) is 285 Å². The molecule has 0 saturated heterocycles. The summed E-state index contributed by atoms with van der Waals surface area (Å²) in [7, 11) is 0. The molecule has 0 bridgehead atoms. The van der Waals surface area contributed by atoms with Crippen LogP contribution in [0.4, 0.5) is 0 Å². The van der Waals surface area contributed by atoms with Crippen molar-refractivity contribution in [3.8, 4) is 101 Å². The van der Waals surface area contributed by atoms with E-state index in [-0.39, 0.29) is 0 Å². The Kier molecular flexibility index (Phi) is 19.2. The SMILES string of the molecule is c1ccc(-c2nc(-c3cccc4oc5ccccc5c34)c3ccc(-c4cccc5c4ccc4ccc6c7ccccc7ccc6c45)cc3n2)cc1.c1ccc(-c2nc(-c3ccccc3)c3ccc(-c4ccc5c(ccc6c5ccc5ccc7ccccc7c56)c4)cc3n2)cc1.c1ccc(-c2nc(-c3ccccc3)c3ccc(-c4cccc5c4ccc4ccc6c7ccccc7ccc6c45)cc3n2)cc1. The summed E-state index contributed by atoms with van der Waals surface area (Å²) in [5, 5.41) is 35.8. The van der Waals surface area contributed by atoms with Crippen LogP contribution in [0.15, 0.2) is 490 Å². The second-order valence-electron chi connectivity index (χ2n) is 36.1. The molecular formula is C132H80N6O. The molecule has 0 radical (unpaired) electrons. The maximum atomic E-state index is 6.29. The van der Waals surface area contributed by atoms with Crippen LogP contribution in [-0.2, 0) is 0 Å². The van der Waals surface area contributed by atoms with Crippen molar-refractivity contribution >= 4 is 184 Å². The molecule has 0 fully saturated rings. The second-order valence-corrected chi connectivity index (χ2v) is 36.1. The summed E-state index contributed by atoms with van der Waals surface area (Å²) in [6, 6.07) is 173. The van der Waals surface area contributed by atoms with E-state index >= 15 is 0 Å². The largest absolute Gasteiger partial charge is 0.456 e. The Bertz CT molecular complexity index is 10100. The van der Waals surface area contributed by atoms with Crippen molar-refractivity contribution in [3.05, 3.63) is 485 Å². The fourth-order valence-corrected chi connectivity index (χ4v) is 21.6. The van der Waals surface area contributed by atoms with Crippen LogP contribution >= 0.6 is 0 Å². The third kappa shape index (κ3) is 13.9. The monoisotopic (exact) mass is 1760 g/mol. The first-order valence-electron chi connectivity index (χ1n) is 47.3. The number of nitrogens with zero attached hydrogens (tertiary/aromatic N) is 6. The van der Waals surface area contributed by atoms with E-state index in [1.807, 2.05) is 84.9 Å². The zero-order chi connectivity index (χ0) is 91.5. The zero-order valence-corrected chi connectivity index (χ0v) is 75.3. The first kappa shape index (κ1) is 80.1. The summed E-state index contributed by atoms with van der Waals surface area (Å²) in [5.74, 6) is 2.17. The molecule has 0 saturated carbocycles. The van der Waals surface area contributed by atoms with Gasteiger partial charge in [0.25, 0.3) is 0 Å². The molecule has 0 aliphatic rings. The molecule has 0 spiro atoms. The summed E-state index contributed by atoms with van der Waals surface area (Å²) >= 11 is 0. The highest BCUT2D eigenvalue weighted by Crippen LogP contribution is 2.47. The Morgan fingerprint density at radius 3 is 0.899 bits per heavy atom. The minimum Gasteiger partial charge on any atom is -0.456 e. The first-order valence-corrected chi connectivity index (χ1v) is 47.3. The average Bonchev–Trinajstić information content (AvgIpc) is 1.12. The molecule has 29 aromatic rings. The number of para-hydroxylation sites is 1. The van der Waals surface area contributed by atoms with Gasteiger partial charge in [-0.3, -0.25) is 0 Å². The Hall–Kier alpha value is -18.6. The van der Waals surface area contributed by atoms with E-state index in [9.17, 15) is 0 Å². The maximum Gasteiger partial charge on any atom is 0.160 e. The van der Waals surface area contributed by atoms with Crippen LogP contribution in [0.2, 0.25) is 0 Å². The van der Waals surface area contributed by atoms with E-state index < -0.39 is 0 Å². The molecule has 0 aliphatic heterocycles. The molecule has 139 heavy (non-hydrogen) atoms. The van der Waals surface area contributed by atoms with Crippen LogP contribution < -0.4 is 0 Å². The van der Waals surface area contributed by atoms with Crippen LogP contribution in [0, 0.1) is 0 Å². The number of aromatic nitrogens is 6. The van der Waals surface area contributed by atoms with Crippen molar-refractivity contribution in [1.29, 1.82) is 0 Å². The Labute approximate surface area is 799 Å². The Balaban J connectivity index is 0.000000105. The zero-order valence-electron chi connectivity index (χ0n) is 75.3. The van der Waals surface area contributed by atoms with E-state index in [1.54, 1.807) is 0 Å². The standard InChI is InChI=1S/C48H28N2O.2C42H26N2/c1-2-11-31(12-3-1)48-49-42-28-32(23-27-39(42)47(50-48)41-17-9-19-44-46(41)40-14-6-7-18-43(40)51-44)34-15-8-16-37-36(34)25-22-30-21-24-35-33-13-5-4-10-29(33)20-26-38(35)45(30)37;1-3-11-29(12-4-1)41-38-25-21-31(26-39(38)43-42(44-41)30-13-5-2-6-14-30)33-16-9-17-36-35(33)23-20-28-19-22-34-32-15-8-7-10-27(32)18-24-37(34)40(28)36;1-3-10-29(11-4-1)41-38-24-19-32(26-39(38)43-42(44-41)30-12-5-2-6-13-30)31-18-21-34-33(25-31)20-23-37-36(34)22-17-28-16-15-27-9-7-8-14-35(27)40(28)37/h1-28H;2*1-26H. The van der Waals surface area contributed by atoms with Crippen LogP contribution in [0.3, 0.4) is 0 Å². The molecule has 4 aromatic heterocycles. The molecule has 0 atom stereocenters. The van der Waals surface area contributed by atoms with Gasteiger partial charge in [-0.2, -0.15) is 0 Å². The van der Waals surface area contributed by atoms with Crippen molar-refractivity contribution in [1.82, 2.24) is 29.9 Å². The van der Waals surface area contributed by atoms with Gasteiger partial charge in [0.05, 0.1) is 33.6 Å². The third-order valence-corrected chi connectivity index (χ3v) is 28.1. The molecule has 29 rings (SSSR count). The van der Waals surface area contributed by atoms with Crippen molar-refractivity contribution in [2.45, 2.75) is 0 Å². The van der Waals surface area contributed by atoms with Gasteiger partial charge in [-0.25, -0.2) is 29.9 Å². The lowest BCUT2D eigenvalue weighted by atomic mass is 9.90. The predicted molar refractivity (Wildman–Crippen MR) is 585 cm³/mol. The van der Waals surface area contributed by atoms with Gasteiger partial charge in [0.1, 0.15) is 11.2 Å². The van der Waals surface area contributed by atoms with Crippen LogP contribution in [0.1, 0.15) is 0 Å². The number of furan rings is 1. The predicted octanol–water partition coefficient (Wildman–Crippen LogP) is 35.6. The van der Waals surface area contributed by atoms with Crippen LogP contribution in [-0.4, -0.2) is 29.9 Å². The highest BCUT2D eigenvalue weighted by atomic mass is 16.3. The van der Waals surface area contributed by atoms with E-state index in [2.05, 4.69) is 400 Å². The van der Waals surface area contributed by atoms with Crippen molar-refractivity contribution in [2.24, 2.45) is 0 Å². The van der Waals surface area contributed by atoms with Gasteiger partial charge < -0.3 is 4.42 Å². The highest BCUT2D eigenvalue weighted by molar-refractivity contribution is 6.29. The first-order chi connectivity index (χ1) is 68.9. The summed E-state index contributed by atoms with van der Waals surface area (Å²) < 4.78 is 6.29. The normalized spacial score (nSPS) is 11.7. The fraction of sp³-hybridized carbons (Fsp3) is 0. The highest BCUT2D eigenvalue weighted by Gasteiger charge is 2.23. The summed E-state index contributed by atoms with van der Waals surface area (Å²) in [4.78, 5) is 30.8. The minimum absolute atomic E-state index is 0.697. The molecule has 7 heteroatoms. The van der Waals surface area contributed by atoms with Gasteiger partial charge in [0, 0.05) is 60.3 Å². The number of hydrogen-bond acceptors (Lipinski definition) is 7. The van der Waals surface area contributed by atoms with Crippen molar-refractivity contribution < 1.29 is 4.42 Å². The lowest BCUT2D eigenvalue weighted by Gasteiger charge is -2.14. The lowest BCUT2D eigenvalue weighted by Crippen LogP contribution is -1.96. The van der Waals surface area contributed by atoms with E-state index in [1.165, 1.54) is 146 Å². The van der Waals surface area contributed by atoms with Crippen molar-refractivity contribution in [3.63, 3.8) is 0 Å². The van der Waals surface area contributed by atoms with E-state index in [0.717, 1.165) is 133 Å². The van der Waals surface area contributed by atoms with Gasteiger partial charge in [0.2, 0.25) is 0 Å². The van der Waals surface area contributed by atoms with Crippen LogP contribution in [0.5, 0.6) is 0 Å². The summed E-state index contributed by atoms with van der Waals surface area (Å²) in [6.45, 7) is 0. The summed E-state index contributed by atoms with van der Waals surface area (Å²) in [6.07, 6.45) is 0. The third-order valence-electron chi connectivity index (χ3n) is 28.1. The molecule has 25 aromatic carbocycles. The molecule has 7 nitrogen and oxygen atoms in total. The lowest BCUT2D eigenvalue weighted by molar-refractivity contribution is 0.669. The van der Waals surface area contributed by atoms with Gasteiger partial charge in [-0.05, 0) is 217 Å². The minimum atomic E-state index is 0.697. The number of rotatable bonds is 9.